The van der Waals surface area contributed by atoms with Gasteiger partial charge in [0.1, 0.15) is 17.8 Å². The van der Waals surface area contributed by atoms with Gasteiger partial charge in [0.2, 0.25) is 17.7 Å². The van der Waals surface area contributed by atoms with E-state index >= 15 is 0 Å². The maximum absolute atomic E-state index is 12.6. The van der Waals surface area contributed by atoms with Crippen LogP contribution < -0.4 is 38.3 Å². The van der Waals surface area contributed by atoms with E-state index in [-0.39, 0.29) is 24.3 Å². The van der Waals surface area contributed by atoms with Crippen LogP contribution in [0.25, 0.3) is 0 Å². The minimum Gasteiger partial charge on any atom is -0.508 e. The second-order valence-electron chi connectivity index (χ2n) is 8.91. The molecule has 10 N–H and O–H groups in total. The lowest BCUT2D eigenvalue weighted by atomic mass is 10.0. The lowest BCUT2D eigenvalue weighted by molar-refractivity contribution is -0.384. The third kappa shape index (κ3) is 10.9. The van der Waals surface area contributed by atoms with Crippen LogP contribution in [-0.4, -0.2) is 70.8 Å². The second-order valence-corrected chi connectivity index (χ2v) is 8.91. The third-order valence-corrected chi connectivity index (χ3v) is 5.65. The molecule has 0 unspecified atom stereocenters. The monoisotopic (exact) mass is 572 g/mol. The summed E-state index contributed by atoms with van der Waals surface area (Å²) < 4.78 is 0. The highest BCUT2D eigenvalue weighted by atomic mass is 16.6. The first-order chi connectivity index (χ1) is 19.4. The molecule has 220 valence electrons. The fraction of sp³-hybridized carbons (Fsp3) is 0.320. The number of hydrogen-bond acceptors (Lipinski definition) is 10. The number of hydrazine groups is 1. The number of carbonyl (C=O) groups excluding carboxylic acids is 5. The molecule has 0 saturated carbocycles. The van der Waals surface area contributed by atoms with Crippen LogP contribution in [0.1, 0.15) is 18.1 Å². The van der Waals surface area contributed by atoms with Crippen molar-refractivity contribution in [2.24, 2.45) is 11.5 Å². The Balaban J connectivity index is 1.92. The molecule has 0 aromatic heterocycles. The predicted octanol–water partition coefficient (Wildman–Crippen LogP) is -2.38. The van der Waals surface area contributed by atoms with Gasteiger partial charge >= 0.3 is 0 Å². The van der Waals surface area contributed by atoms with Crippen LogP contribution in [0.3, 0.4) is 0 Å². The number of aromatic hydroxyl groups is 1. The molecule has 41 heavy (non-hydrogen) atoms. The molecule has 0 bridgehead atoms. The van der Waals surface area contributed by atoms with Gasteiger partial charge < -0.3 is 32.5 Å². The van der Waals surface area contributed by atoms with Crippen molar-refractivity contribution < 1.29 is 34.0 Å². The first kappa shape index (κ1) is 32.1. The van der Waals surface area contributed by atoms with E-state index in [4.69, 9.17) is 11.5 Å². The molecule has 0 radical (unpaired) electrons. The Hall–Kier alpha value is -5.09. The maximum atomic E-state index is 12.6. The molecule has 0 aliphatic heterocycles. The summed E-state index contributed by atoms with van der Waals surface area (Å²) >= 11 is 0. The highest BCUT2D eigenvalue weighted by Gasteiger charge is 2.24. The first-order valence-corrected chi connectivity index (χ1v) is 12.3. The largest absolute Gasteiger partial charge is 0.508 e. The Bertz CT molecular complexity index is 1250. The van der Waals surface area contributed by atoms with Crippen molar-refractivity contribution in [3.8, 4) is 5.75 Å². The van der Waals surface area contributed by atoms with Crippen LogP contribution in [0, 0.1) is 10.1 Å². The molecule has 0 aliphatic rings. The van der Waals surface area contributed by atoms with Crippen LogP contribution in [0.5, 0.6) is 5.75 Å². The van der Waals surface area contributed by atoms with Gasteiger partial charge in [0.25, 0.3) is 17.5 Å². The molecule has 0 heterocycles. The summed E-state index contributed by atoms with van der Waals surface area (Å²) in [5.74, 6) is -3.51. The fourth-order valence-electron chi connectivity index (χ4n) is 3.40. The Labute approximate surface area is 234 Å². The van der Waals surface area contributed by atoms with E-state index in [1.54, 1.807) is 12.1 Å². The highest BCUT2D eigenvalue weighted by molar-refractivity contribution is 5.93. The van der Waals surface area contributed by atoms with E-state index < -0.39 is 65.7 Å². The van der Waals surface area contributed by atoms with Gasteiger partial charge in [-0.05, 0) is 36.6 Å². The molecule has 0 saturated heterocycles. The van der Waals surface area contributed by atoms with Crippen LogP contribution >= 0.6 is 0 Å². The quantitative estimate of drug-likeness (QED) is 0.0933. The smallest absolute Gasteiger partial charge is 0.269 e. The number of nitrogens with two attached hydrogens (primary N) is 2. The molecule has 16 heteroatoms. The van der Waals surface area contributed by atoms with Crippen molar-refractivity contribution in [2.75, 3.05) is 13.1 Å². The number of phenolic OH excluding ortho intramolecular Hbond substituents is 1. The van der Waals surface area contributed by atoms with Crippen LogP contribution in [0.15, 0.2) is 48.5 Å². The lowest BCUT2D eigenvalue weighted by Gasteiger charge is -2.20. The molecular formula is C25H32N8O8. The van der Waals surface area contributed by atoms with E-state index in [2.05, 4.69) is 26.8 Å². The van der Waals surface area contributed by atoms with Crippen molar-refractivity contribution in [2.45, 2.75) is 37.9 Å². The molecule has 0 fully saturated rings. The average Bonchev–Trinajstić information content (AvgIpc) is 2.95. The van der Waals surface area contributed by atoms with Gasteiger partial charge in [-0.1, -0.05) is 24.3 Å². The number of nitro groups is 1. The van der Waals surface area contributed by atoms with Crippen molar-refractivity contribution in [1.29, 1.82) is 0 Å². The van der Waals surface area contributed by atoms with Crippen LogP contribution in [0.2, 0.25) is 0 Å². The standard InChI is InChI=1S/C25H32N8O8/c1-14(29-24(38)19(27)10-15-4-8-18(34)9-5-15)23(37)28-13-22(36)30-20(25(39)32-31-21(35)12-26)11-16-2-6-17(7-3-16)33(40)41/h2-9,14,19-20,34H,10-13,26-27H2,1H3,(H,28,37)(H,29,38)(H,30,36)(H,31,35)(H,32,39)/t14-,19+,20+/m1/s1. The molecule has 0 aliphatic carbocycles. The average molecular weight is 573 g/mol. The van der Waals surface area contributed by atoms with E-state index in [0.717, 1.165) is 0 Å². The summed E-state index contributed by atoms with van der Waals surface area (Å²) in [6.45, 7) is 0.434. The van der Waals surface area contributed by atoms with Gasteiger partial charge in [-0.2, -0.15) is 0 Å². The first-order valence-electron chi connectivity index (χ1n) is 12.3. The van der Waals surface area contributed by atoms with Gasteiger partial charge in [0, 0.05) is 18.6 Å². The summed E-state index contributed by atoms with van der Waals surface area (Å²) in [6.07, 6.45) is 0.0557. The molecule has 16 nitrogen and oxygen atoms in total. The number of nitrogens with one attached hydrogen (secondary N) is 5. The van der Waals surface area contributed by atoms with E-state index in [1.807, 2.05) is 0 Å². The topological polar surface area (TPSA) is 261 Å². The van der Waals surface area contributed by atoms with Gasteiger partial charge in [-0.15, -0.1) is 0 Å². The number of carbonyl (C=O) groups is 5. The maximum Gasteiger partial charge on any atom is 0.269 e. The van der Waals surface area contributed by atoms with Gasteiger partial charge in [-0.3, -0.25) is 44.9 Å². The van der Waals surface area contributed by atoms with Gasteiger partial charge in [0.15, 0.2) is 0 Å². The number of phenols is 1. The van der Waals surface area contributed by atoms with E-state index in [9.17, 15) is 39.2 Å². The van der Waals surface area contributed by atoms with Gasteiger partial charge in [0.05, 0.1) is 24.1 Å². The van der Waals surface area contributed by atoms with Crippen LogP contribution in [0.4, 0.5) is 5.69 Å². The molecule has 5 amide bonds. The number of nitro benzene ring substituents is 1. The summed E-state index contributed by atoms with van der Waals surface area (Å²) in [5.41, 5.74) is 16.3. The summed E-state index contributed by atoms with van der Waals surface area (Å²) in [4.78, 5) is 71.7. The molecule has 3 atom stereocenters. The molecule has 2 aromatic carbocycles. The van der Waals surface area contributed by atoms with Crippen molar-refractivity contribution in [1.82, 2.24) is 26.8 Å². The fourth-order valence-corrected chi connectivity index (χ4v) is 3.40. The Morgan fingerprint density at radius 2 is 1.44 bits per heavy atom. The van der Waals surface area contributed by atoms with Gasteiger partial charge in [-0.25, -0.2) is 0 Å². The Kier molecular flexibility index (Phi) is 12.1. The molecule has 0 spiro atoms. The minimum absolute atomic E-state index is 0.0674. The minimum atomic E-state index is -1.24. The Morgan fingerprint density at radius 3 is 2.02 bits per heavy atom. The number of amides is 5. The predicted molar refractivity (Wildman–Crippen MR) is 144 cm³/mol. The zero-order chi connectivity index (χ0) is 30.5. The number of rotatable bonds is 13. The van der Waals surface area contributed by atoms with E-state index in [1.165, 1.54) is 43.3 Å². The zero-order valence-electron chi connectivity index (χ0n) is 22.1. The third-order valence-electron chi connectivity index (χ3n) is 5.65. The zero-order valence-corrected chi connectivity index (χ0v) is 22.1. The Morgan fingerprint density at radius 1 is 0.854 bits per heavy atom. The van der Waals surface area contributed by atoms with Crippen molar-refractivity contribution in [3.63, 3.8) is 0 Å². The molecule has 2 aromatic rings. The summed E-state index contributed by atoms with van der Waals surface area (Å²) in [5, 5.41) is 27.4. The number of nitrogens with zero attached hydrogens (tertiary/aromatic N) is 1. The SMILES string of the molecule is C[C@@H](NC(=O)[C@@H](N)Cc1ccc(O)cc1)C(=O)NCC(=O)N[C@@H](Cc1ccc([N+](=O)[O-])cc1)C(=O)NNC(=O)CN. The van der Waals surface area contributed by atoms with Crippen LogP contribution in [-0.2, 0) is 36.8 Å². The number of hydrogen-bond donors (Lipinski definition) is 8. The van der Waals surface area contributed by atoms with Crippen molar-refractivity contribution in [3.05, 3.63) is 69.8 Å². The van der Waals surface area contributed by atoms with E-state index in [0.29, 0.717) is 11.1 Å². The number of benzene rings is 2. The normalized spacial score (nSPS) is 12.7. The number of non-ortho nitro benzene ring substituents is 1. The molecule has 2 rings (SSSR count). The second kappa shape index (κ2) is 15.5. The molecular weight excluding hydrogens is 540 g/mol. The van der Waals surface area contributed by atoms with Crippen molar-refractivity contribution >= 4 is 35.2 Å². The highest BCUT2D eigenvalue weighted by Crippen LogP contribution is 2.13. The lowest BCUT2D eigenvalue weighted by Crippen LogP contribution is -2.56. The summed E-state index contributed by atoms with van der Waals surface area (Å²) in [6, 6.07) is 8.14. The summed E-state index contributed by atoms with van der Waals surface area (Å²) in [7, 11) is 0.